The Labute approximate surface area is 102 Å². The molecule has 0 aromatic heterocycles. The quantitative estimate of drug-likeness (QED) is 0.796. The van der Waals surface area contributed by atoms with E-state index in [0.717, 1.165) is 10.6 Å². The average Bonchev–Trinajstić information content (AvgIpc) is 2.32. The lowest BCUT2D eigenvalue weighted by atomic mass is 10.3. The predicted molar refractivity (Wildman–Crippen MR) is 71.9 cm³/mol. The van der Waals surface area contributed by atoms with Crippen LogP contribution in [0.3, 0.4) is 0 Å². The Bertz CT molecular complexity index is 316. The molecule has 0 bridgehead atoms. The third-order valence-electron chi connectivity index (χ3n) is 1.72. The van der Waals surface area contributed by atoms with Crippen molar-refractivity contribution >= 4 is 23.4 Å². The number of thioether (sulfide) groups is 1. The maximum absolute atomic E-state index is 11.2. The normalized spacial score (nSPS) is 9.00. The van der Waals surface area contributed by atoms with E-state index in [1.807, 2.05) is 44.4 Å². The number of rotatable bonds is 4. The van der Waals surface area contributed by atoms with Crippen LogP contribution in [0, 0.1) is 0 Å². The Balaban J connectivity index is 0.00000106. The summed E-state index contributed by atoms with van der Waals surface area (Å²) >= 11 is 1.65. The standard InChI is InChI=1S/C10H14N2OS.C2H6/c1-14-9-4-2-3-8(7-9)12-10(13)5-6-11;1-2/h2-4,7H,5-6,11H2,1H3,(H,12,13);1-2H3. The smallest absolute Gasteiger partial charge is 0.225 e. The van der Waals surface area contributed by atoms with Crippen LogP contribution in [0.2, 0.25) is 0 Å². The number of hydrogen-bond donors (Lipinski definition) is 2. The number of benzene rings is 1. The topological polar surface area (TPSA) is 55.1 Å². The van der Waals surface area contributed by atoms with E-state index in [4.69, 9.17) is 5.73 Å². The summed E-state index contributed by atoms with van der Waals surface area (Å²) in [5.74, 6) is -0.0363. The molecule has 1 rings (SSSR count). The van der Waals surface area contributed by atoms with Crippen molar-refractivity contribution in [3.63, 3.8) is 0 Å². The number of nitrogens with one attached hydrogen (secondary N) is 1. The second-order valence-electron chi connectivity index (χ2n) is 2.82. The van der Waals surface area contributed by atoms with E-state index in [1.54, 1.807) is 11.8 Å². The Kier molecular flexibility index (Phi) is 8.66. The molecule has 3 N–H and O–H groups in total. The monoisotopic (exact) mass is 240 g/mol. The molecule has 0 fully saturated rings. The van der Waals surface area contributed by atoms with Crippen LogP contribution in [0.15, 0.2) is 29.2 Å². The van der Waals surface area contributed by atoms with Gasteiger partial charge in [-0.15, -0.1) is 11.8 Å². The molecule has 0 radical (unpaired) electrons. The minimum atomic E-state index is -0.0363. The summed E-state index contributed by atoms with van der Waals surface area (Å²) in [7, 11) is 0. The second kappa shape index (κ2) is 9.24. The molecule has 1 amide bonds. The fraction of sp³-hybridized carbons (Fsp3) is 0.417. The molecule has 0 heterocycles. The van der Waals surface area contributed by atoms with Crippen molar-refractivity contribution in [3.05, 3.63) is 24.3 Å². The summed E-state index contributed by atoms with van der Waals surface area (Å²) in [5, 5.41) is 2.79. The van der Waals surface area contributed by atoms with Crippen molar-refractivity contribution in [3.8, 4) is 0 Å². The van der Waals surface area contributed by atoms with Gasteiger partial charge in [-0.1, -0.05) is 19.9 Å². The Morgan fingerprint density at radius 1 is 1.44 bits per heavy atom. The van der Waals surface area contributed by atoms with Crippen LogP contribution in [0.4, 0.5) is 5.69 Å². The van der Waals surface area contributed by atoms with Crippen LogP contribution in [-0.4, -0.2) is 18.7 Å². The van der Waals surface area contributed by atoms with Gasteiger partial charge in [0.15, 0.2) is 0 Å². The zero-order valence-corrected chi connectivity index (χ0v) is 10.9. The van der Waals surface area contributed by atoms with E-state index < -0.39 is 0 Å². The van der Waals surface area contributed by atoms with Crippen molar-refractivity contribution in [2.45, 2.75) is 25.2 Å². The molecule has 3 nitrogen and oxygen atoms in total. The maximum Gasteiger partial charge on any atom is 0.225 e. The molecule has 16 heavy (non-hydrogen) atoms. The lowest BCUT2D eigenvalue weighted by molar-refractivity contribution is -0.116. The number of carbonyl (C=O) groups excluding carboxylic acids is 1. The fourth-order valence-corrected chi connectivity index (χ4v) is 1.51. The van der Waals surface area contributed by atoms with Gasteiger partial charge >= 0.3 is 0 Å². The summed E-state index contributed by atoms with van der Waals surface area (Å²) in [4.78, 5) is 12.3. The molecule has 0 aliphatic rings. The van der Waals surface area contributed by atoms with Crippen LogP contribution in [0.25, 0.3) is 0 Å². The molecule has 1 aromatic carbocycles. The second-order valence-corrected chi connectivity index (χ2v) is 3.70. The highest BCUT2D eigenvalue weighted by molar-refractivity contribution is 7.98. The largest absolute Gasteiger partial charge is 0.330 e. The Hall–Kier alpha value is -1.00. The van der Waals surface area contributed by atoms with Crippen LogP contribution < -0.4 is 11.1 Å². The first-order valence-electron chi connectivity index (χ1n) is 5.40. The molecule has 0 aliphatic heterocycles. The van der Waals surface area contributed by atoms with Gasteiger partial charge in [0, 0.05) is 23.5 Å². The molecule has 4 heteroatoms. The third-order valence-corrected chi connectivity index (χ3v) is 2.45. The van der Waals surface area contributed by atoms with E-state index in [1.165, 1.54) is 0 Å². The lowest BCUT2D eigenvalue weighted by Crippen LogP contribution is -2.16. The van der Waals surface area contributed by atoms with Crippen LogP contribution in [-0.2, 0) is 4.79 Å². The molecule has 0 unspecified atom stereocenters. The first-order chi connectivity index (χ1) is 7.76. The summed E-state index contributed by atoms with van der Waals surface area (Å²) in [6, 6.07) is 7.74. The summed E-state index contributed by atoms with van der Waals surface area (Å²) in [6.45, 7) is 4.38. The average molecular weight is 240 g/mol. The summed E-state index contributed by atoms with van der Waals surface area (Å²) < 4.78 is 0. The first kappa shape index (κ1) is 15.0. The van der Waals surface area contributed by atoms with Gasteiger partial charge in [0.1, 0.15) is 0 Å². The van der Waals surface area contributed by atoms with Crippen molar-refractivity contribution in [1.29, 1.82) is 0 Å². The van der Waals surface area contributed by atoms with E-state index in [-0.39, 0.29) is 5.91 Å². The number of nitrogens with two attached hydrogens (primary N) is 1. The van der Waals surface area contributed by atoms with Gasteiger partial charge in [-0.3, -0.25) is 4.79 Å². The van der Waals surface area contributed by atoms with Crippen molar-refractivity contribution in [2.24, 2.45) is 5.73 Å². The van der Waals surface area contributed by atoms with Crippen LogP contribution >= 0.6 is 11.8 Å². The molecule has 0 atom stereocenters. The van der Waals surface area contributed by atoms with Crippen molar-refractivity contribution in [1.82, 2.24) is 0 Å². The van der Waals surface area contributed by atoms with Gasteiger partial charge in [-0.25, -0.2) is 0 Å². The minimum Gasteiger partial charge on any atom is -0.330 e. The van der Waals surface area contributed by atoms with E-state index in [0.29, 0.717) is 13.0 Å². The zero-order valence-electron chi connectivity index (χ0n) is 10.1. The number of anilines is 1. The molecular weight excluding hydrogens is 220 g/mol. The highest BCUT2D eigenvalue weighted by atomic mass is 32.2. The van der Waals surface area contributed by atoms with E-state index >= 15 is 0 Å². The van der Waals surface area contributed by atoms with Crippen LogP contribution in [0.1, 0.15) is 20.3 Å². The highest BCUT2D eigenvalue weighted by Gasteiger charge is 2.00. The number of carbonyl (C=O) groups is 1. The van der Waals surface area contributed by atoms with Gasteiger partial charge < -0.3 is 11.1 Å². The van der Waals surface area contributed by atoms with Crippen molar-refractivity contribution < 1.29 is 4.79 Å². The van der Waals surface area contributed by atoms with Gasteiger partial charge in [0.2, 0.25) is 5.91 Å². The number of hydrogen-bond acceptors (Lipinski definition) is 3. The minimum absolute atomic E-state index is 0.0363. The summed E-state index contributed by atoms with van der Waals surface area (Å²) in [6.07, 6.45) is 2.37. The van der Waals surface area contributed by atoms with Gasteiger partial charge in [-0.05, 0) is 24.5 Å². The Morgan fingerprint density at radius 2 is 2.12 bits per heavy atom. The van der Waals surface area contributed by atoms with Gasteiger partial charge in [0.05, 0.1) is 0 Å². The number of amides is 1. The molecule has 0 aliphatic carbocycles. The van der Waals surface area contributed by atoms with Crippen molar-refractivity contribution in [2.75, 3.05) is 18.1 Å². The summed E-state index contributed by atoms with van der Waals surface area (Å²) in [5.41, 5.74) is 6.10. The Morgan fingerprint density at radius 3 is 2.69 bits per heavy atom. The molecule has 1 aromatic rings. The van der Waals surface area contributed by atoms with E-state index in [9.17, 15) is 4.79 Å². The molecule has 0 spiro atoms. The first-order valence-corrected chi connectivity index (χ1v) is 6.62. The zero-order chi connectivity index (χ0) is 12.4. The SMILES string of the molecule is CC.CSc1cccc(NC(=O)CCN)c1. The lowest BCUT2D eigenvalue weighted by Gasteiger charge is -2.05. The molecular formula is C12H20N2OS. The molecule has 0 saturated carbocycles. The fourth-order valence-electron chi connectivity index (χ4n) is 1.06. The third kappa shape index (κ3) is 5.78. The maximum atomic E-state index is 11.2. The van der Waals surface area contributed by atoms with Gasteiger partial charge in [-0.2, -0.15) is 0 Å². The van der Waals surface area contributed by atoms with E-state index in [2.05, 4.69) is 5.32 Å². The highest BCUT2D eigenvalue weighted by Crippen LogP contribution is 2.18. The van der Waals surface area contributed by atoms with Gasteiger partial charge in [0.25, 0.3) is 0 Å². The van der Waals surface area contributed by atoms with Crippen LogP contribution in [0.5, 0.6) is 0 Å². The molecule has 0 saturated heterocycles. The molecule has 90 valence electrons. The predicted octanol–water partition coefficient (Wildman–Crippen LogP) is 2.72.